The van der Waals surface area contributed by atoms with E-state index in [1.54, 1.807) is 6.92 Å². The molecule has 8 heteroatoms. The van der Waals surface area contributed by atoms with Crippen LogP contribution in [0.3, 0.4) is 0 Å². The molecule has 0 fully saturated rings. The zero-order valence-electron chi connectivity index (χ0n) is 10.3. The van der Waals surface area contributed by atoms with Gasteiger partial charge in [-0.15, -0.1) is 11.3 Å². The highest BCUT2D eigenvalue weighted by atomic mass is 32.2. The molecule has 1 aromatic rings. The molecule has 102 valence electrons. The van der Waals surface area contributed by atoms with Gasteiger partial charge in [-0.05, 0) is 13.3 Å². The van der Waals surface area contributed by atoms with Crippen LogP contribution in [-0.4, -0.2) is 30.2 Å². The van der Waals surface area contributed by atoms with Crippen LogP contribution in [-0.2, 0) is 16.6 Å². The highest BCUT2D eigenvalue weighted by Crippen LogP contribution is 2.17. The number of carboxylic acid groups (broad SMARTS) is 1. The van der Waals surface area contributed by atoms with E-state index >= 15 is 0 Å². The number of nitrogens with zero attached hydrogens (tertiary/aromatic N) is 1. The number of carbonyl (C=O) groups is 1. The van der Waals surface area contributed by atoms with Gasteiger partial charge < -0.3 is 5.11 Å². The average Bonchev–Trinajstić information content (AvgIpc) is 2.66. The molecule has 0 atom stereocenters. The van der Waals surface area contributed by atoms with Crippen LogP contribution in [0, 0.1) is 6.92 Å². The Balaban J connectivity index is 2.64. The molecule has 0 aliphatic carbocycles. The first-order valence-electron chi connectivity index (χ1n) is 5.52. The number of aromatic carboxylic acids is 1. The van der Waals surface area contributed by atoms with Crippen LogP contribution in [0.15, 0.2) is 0 Å². The Kier molecular flexibility index (Phi) is 5.24. The summed E-state index contributed by atoms with van der Waals surface area (Å²) >= 11 is 0.995. The van der Waals surface area contributed by atoms with Gasteiger partial charge in [0.15, 0.2) is 0 Å². The molecule has 0 aliphatic rings. The number of thiazole rings is 1. The van der Waals surface area contributed by atoms with E-state index < -0.39 is 16.0 Å². The van der Waals surface area contributed by atoms with E-state index in [-0.39, 0.29) is 17.2 Å². The van der Waals surface area contributed by atoms with E-state index in [1.165, 1.54) is 0 Å². The van der Waals surface area contributed by atoms with E-state index in [4.69, 9.17) is 5.11 Å². The molecule has 0 unspecified atom stereocenters. The molecule has 6 nitrogen and oxygen atoms in total. The Labute approximate surface area is 110 Å². The highest BCUT2D eigenvalue weighted by Gasteiger charge is 2.15. The van der Waals surface area contributed by atoms with Crippen molar-refractivity contribution in [2.24, 2.45) is 0 Å². The minimum atomic E-state index is -3.30. The zero-order valence-corrected chi connectivity index (χ0v) is 11.9. The molecule has 0 saturated carbocycles. The van der Waals surface area contributed by atoms with Crippen LogP contribution in [0.1, 0.15) is 40.1 Å². The maximum atomic E-state index is 11.5. The predicted molar refractivity (Wildman–Crippen MR) is 69.3 cm³/mol. The van der Waals surface area contributed by atoms with Gasteiger partial charge in [-0.25, -0.2) is 22.9 Å². The number of carboxylic acids is 1. The normalized spacial score (nSPS) is 11.7. The fourth-order valence-corrected chi connectivity index (χ4v) is 3.41. The molecule has 0 aromatic carbocycles. The van der Waals surface area contributed by atoms with Crippen molar-refractivity contribution in [3.05, 3.63) is 15.6 Å². The summed E-state index contributed by atoms with van der Waals surface area (Å²) in [6.45, 7) is 3.55. The molecule has 0 saturated heterocycles. The third-order valence-corrected chi connectivity index (χ3v) is 4.80. The molecular formula is C10H16N2O4S2. The number of rotatable bonds is 7. The number of aryl methyl sites for hydroxylation is 1. The smallest absolute Gasteiger partial charge is 0.347 e. The van der Waals surface area contributed by atoms with Crippen LogP contribution in [0.25, 0.3) is 0 Å². The molecule has 0 spiro atoms. The number of sulfonamides is 1. The van der Waals surface area contributed by atoms with Gasteiger partial charge in [-0.1, -0.05) is 13.3 Å². The van der Waals surface area contributed by atoms with Gasteiger partial charge in [0.05, 0.1) is 18.0 Å². The third-order valence-electron chi connectivity index (χ3n) is 2.25. The summed E-state index contributed by atoms with van der Waals surface area (Å²) in [4.78, 5) is 15.0. The van der Waals surface area contributed by atoms with Crippen LogP contribution < -0.4 is 4.72 Å². The standard InChI is InChI=1S/C10H16N2O4S2/c1-3-4-5-18(15,16)11-6-8-12-7(2)9(17-8)10(13)14/h11H,3-6H2,1-2H3,(H,13,14). The number of unbranched alkanes of at least 4 members (excludes halogenated alkanes) is 1. The number of nitrogens with one attached hydrogen (secondary N) is 1. The van der Waals surface area contributed by atoms with E-state index in [2.05, 4.69) is 9.71 Å². The van der Waals surface area contributed by atoms with Crippen molar-refractivity contribution in [1.82, 2.24) is 9.71 Å². The molecule has 1 heterocycles. The van der Waals surface area contributed by atoms with Gasteiger partial charge in [0.25, 0.3) is 0 Å². The lowest BCUT2D eigenvalue weighted by molar-refractivity contribution is 0.0701. The minimum absolute atomic E-state index is 0.0465. The van der Waals surface area contributed by atoms with Crippen LogP contribution in [0.5, 0.6) is 0 Å². The minimum Gasteiger partial charge on any atom is -0.477 e. The topological polar surface area (TPSA) is 96.4 Å². The van der Waals surface area contributed by atoms with Crippen molar-refractivity contribution >= 4 is 27.3 Å². The summed E-state index contributed by atoms with van der Waals surface area (Å²) in [5.41, 5.74) is 0.412. The predicted octanol–water partition coefficient (Wildman–Crippen LogP) is 1.37. The number of hydrogen-bond acceptors (Lipinski definition) is 5. The van der Waals surface area contributed by atoms with Gasteiger partial charge in [0.1, 0.15) is 9.88 Å². The first-order valence-corrected chi connectivity index (χ1v) is 7.99. The van der Waals surface area contributed by atoms with E-state index in [1.807, 2.05) is 6.92 Å². The molecule has 0 amide bonds. The van der Waals surface area contributed by atoms with Gasteiger partial charge >= 0.3 is 5.97 Å². The van der Waals surface area contributed by atoms with Crippen molar-refractivity contribution in [3.63, 3.8) is 0 Å². The molecule has 1 aromatic heterocycles. The molecular weight excluding hydrogens is 276 g/mol. The maximum absolute atomic E-state index is 11.5. The van der Waals surface area contributed by atoms with E-state index in [0.29, 0.717) is 17.1 Å². The molecule has 18 heavy (non-hydrogen) atoms. The molecule has 2 N–H and O–H groups in total. The maximum Gasteiger partial charge on any atom is 0.347 e. The summed E-state index contributed by atoms with van der Waals surface area (Å²) in [7, 11) is -3.30. The Morgan fingerprint density at radius 1 is 1.50 bits per heavy atom. The van der Waals surface area contributed by atoms with Crippen LogP contribution in [0.2, 0.25) is 0 Å². The Hall–Kier alpha value is -0.990. The average molecular weight is 292 g/mol. The second kappa shape index (κ2) is 6.26. The van der Waals surface area contributed by atoms with Crippen molar-refractivity contribution in [2.45, 2.75) is 33.2 Å². The van der Waals surface area contributed by atoms with E-state index in [0.717, 1.165) is 17.8 Å². The van der Waals surface area contributed by atoms with Gasteiger partial charge in [-0.2, -0.15) is 0 Å². The highest BCUT2D eigenvalue weighted by molar-refractivity contribution is 7.89. The van der Waals surface area contributed by atoms with Crippen molar-refractivity contribution < 1.29 is 18.3 Å². The van der Waals surface area contributed by atoms with Gasteiger partial charge in [0.2, 0.25) is 10.0 Å². The van der Waals surface area contributed by atoms with Crippen molar-refractivity contribution in [2.75, 3.05) is 5.75 Å². The lowest BCUT2D eigenvalue weighted by Gasteiger charge is -2.03. The van der Waals surface area contributed by atoms with Gasteiger partial charge in [-0.3, -0.25) is 0 Å². The monoisotopic (exact) mass is 292 g/mol. The summed E-state index contributed by atoms with van der Waals surface area (Å²) < 4.78 is 25.5. The quantitative estimate of drug-likeness (QED) is 0.791. The lowest BCUT2D eigenvalue weighted by atomic mass is 10.4. The van der Waals surface area contributed by atoms with Crippen LogP contribution in [0.4, 0.5) is 0 Å². The Morgan fingerprint density at radius 2 is 2.17 bits per heavy atom. The second-order valence-electron chi connectivity index (χ2n) is 3.82. The Bertz CT molecular complexity index is 522. The number of aromatic nitrogens is 1. The summed E-state index contributed by atoms with van der Waals surface area (Å²) in [5.74, 6) is -0.954. The molecule has 0 radical (unpaired) electrons. The lowest BCUT2D eigenvalue weighted by Crippen LogP contribution is -2.25. The van der Waals surface area contributed by atoms with Crippen molar-refractivity contribution in [1.29, 1.82) is 0 Å². The summed E-state index contributed by atoms with van der Waals surface area (Å²) in [6, 6.07) is 0. The van der Waals surface area contributed by atoms with Gasteiger partial charge in [0, 0.05) is 0 Å². The summed E-state index contributed by atoms with van der Waals surface area (Å²) in [6.07, 6.45) is 1.41. The summed E-state index contributed by atoms with van der Waals surface area (Å²) in [5, 5.41) is 9.32. The third kappa shape index (κ3) is 4.35. The SMILES string of the molecule is CCCCS(=O)(=O)NCc1nc(C)c(C(=O)O)s1. The largest absolute Gasteiger partial charge is 0.477 e. The molecule has 0 bridgehead atoms. The first kappa shape index (κ1) is 15.1. The fraction of sp³-hybridized carbons (Fsp3) is 0.600. The second-order valence-corrected chi connectivity index (χ2v) is 6.83. The zero-order chi connectivity index (χ0) is 13.8. The van der Waals surface area contributed by atoms with Crippen molar-refractivity contribution in [3.8, 4) is 0 Å². The van der Waals surface area contributed by atoms with Crippen LogP contribution >= 0.6 is 11.3 Å². The fourth-order valence-electron chi connectivity index (χ4n) is 1.30. The number of hydrogen-bond donors (Lipinski definition) is 2. The Morgan fingerprint density at radius 3 is 2.67 bits per heavy atom. The van der Waals surface area contributed by atoms with E-state index in [9.17, 15) is 13.2 Å². The molecule has 1 rings (SSSR count). The first-order chi connectivity index (χ1) is 8.35. The molecule has 0 aliphatic heterocycles.